The zero-order chi connectivity index (χ0) is 18.1. The molecule has 1 aliphatic carbocycles. The molecule has 0 bridgehead atoms. The average molecular weight is 369 g/mol. The summed E-state index contributed by atoms with van der Waals surface area (Å²) >= 11 is 5.59. The van der Waals surface area contributed by atoms with Gasteiger partial charge in [0.2, 0.25) is 0 Å². The molecule has 1 fully saturated rings. The summed E-state index contributed by atoms with van der Waals surface area (Å²) in [4.78, 5) is 12.3. The van der Waals surface area contributed by atoms with E-state index in [0.717, 1.165) is 37.0 Å². The summed E-state index contributed by atoms with van der Waals surface area (Å²) in [5, 5.41) is 4.97. The summed E-state index contributed by atoms with van der Waals surface area (Å²) in [6.07, 6.45) is -2.02. The lowest BCUT2D eigenvalue weighted by atomic mass is 9.72. The Labute approximate surface area is 148 Å². The molecular weight excluding hydrogens is 353 g/mol. The van der Waals surface area contributed by atoms with Crippen molar-refractivity contribution in [1.82, 2.24) is 5.32 Å². The normalized spacial score (nSPS) is 16.0. The fraction of sp³-hybridized carbons (Fsp3) is 0.278. The maximum Gasteiger partial charge on any atom is 0.417 e. The lowest BCUT2D eigenvalue weighted by Gasteiger charge is -2.43. The van der Waals surface area contributed by atoms with Gasteiger partial charge in [0.15, 0.2) is 0 Å². The molecule has 0 saturated heterocycles. The van der Waals surface area contributed by atoms with Crippen LogP contribution in [-0.2, 0) is 11.7 Å². The van der Waals surface area contributed by atoms with Crippen LogP contribution in [-0.4, -0.2) is 6.03 Å². The molecule has 0 spiro atoms. The van der Waals surface area contributed by atoms with Gasteiger partial charge in [0.05, 0.1) is 16.1 Å². The number of rotatable bonds is 3. The molecule has 0 aliphatic heterocycles. The second kappa shape index (κ2) is 6.59. The van der Waals surface area contributed by atoms with Gasteiger partial charge < -0.3 is 10.6 Å². The Morgan fingerprint density at radius 1 is 1.08 bits per heavy atom. The van der Waals surface area contributed by atoms with Gasteiger partial charge in [-0.1, -0.05) is 41.9 Å². The number of anilines is 1. The average Bonchev–Trinajstić information content (AvgIpc) is 2.52. The van der Waals surface area contributed by atoms with E-state index in [-0.39, 0.29) is 5.69 Å². The highest BCUT2D eigenvalue weighted by atomic mass is 35.5. The maximum absolute atomic E-state index is 12.9. The monoisotopic (exact) mass is 368 g/mol. The molecule has 2 aromatic rings. The van der Waals surface area contributed by atoms with Crippen molar-refractivity contribution < 1.29 is 18.0 Å². The van der Waals surface area contributed by atoms with E-state index >= 15 is 0 Å². The van der Waals surface area contributed by atoms with Gasteiger partial charge in [-0.2, -0.15) is 13.2 Å². The lowest BCUT2D eigenvalue weighted by molar-refractivity contribution is -0.137. The van der Waals surface area contributed by atoms with Crippen molar-refractivity contribution in [3.63, 3.8) is 0 Å². The molecule has 0 radical (unpaired) electrons. The van der Waals surface area contributed by atoms with Crippen LogP contribution in [0.3, 0.4) is 0 Å². The molecule has 25 heavy (non-hydrogen) atoms. The van der Waals surface area contributed by atoms with Crippen LogP contribution in [0, 0.1) is 0 Å². The number of nitrogens with one attached hydrogen (secondary N) is 2. The number of alkyl halides is 3. The predicted molar refractivity (Wildman–Crippen MR) is 90.6 cm³/mol. The number of amides is 2. The predicted octanol–water partition coefficient (Wildman–Crippen LogP) is 5.56. The molecule has 2 aromatic carbocycles. The Balaban J connectivity index is 1.75. The number of carbonyl (C=O) groups is 1. The summed E-state index contributed by atoms with van der Waals surface area (Å²) in [6, 6.07) is 12.3. The van der Waals surface area contributed by atoms with Crippen LogP contribution >= 0.6 is 11.6 Å². The Kier molecular flexibility index (Phi) is 4.64. The van der Waals surface area contributed by atoms with Crippen molar-refractivity contribution in [3.05, 3.63) is 64.7 Å². The number of urea groups is 1. The van der Waals surface area contributed by atoms with E-state index in [1.165, 1.54) is 6.07 Å². The molecule has 2 amide bonds. The minimum absolute atomic E-state index is 0.0387. The number of carbonyl (C=O) groups excluding carboxylic acids is 1. The van der Waals surface area contributed by atoms with Gasteiger partial charge in [-0.3, -0.25) is 0 Å². The van der Waals surface area contributed by atoms with E-state index in [2.05, 4.69) is 10.6 Å². The van der Waals surface area contributed by atoms with Crippen molar-refractivity contribution >= 4 is 23.3 Å². The second-order valence-corrected chi connectivity index (χ2v) is 6.48. The summed E-state index contributed by atoms with van der Waals surface area (Å²) < 4.78 is 38.7. The van der Waals surface area contributed by atoms with Crippen molar-refractivity contribution in [2.24, 2.45) is 0 Å². The molecule has 1 aliphatic rings. The van der Waals surface area contributed by atoms with E-state index in [4.69, 9.17) is 11.6 Å². The standard InChI is InChI=1S/C18H16ClF3N2O/c19-15-8-7-13(11-14(15)18(20,21)22)23-16(25)24-17(9-4-10-17)12-5-2-1-3-6-12/h1-3,5-8,11H,4,9-10H2,(H2,23,24,25). The first kappa shape index (κ1) is 17.6. The Bertz CT molecular complexity index is 774. The first-order valence-electron chi connectivity index (χ1n) is 7.82. The summed E-state index contributed by atoms with van der Waals surface area (Å²) in [6.45, 7) is 0. The van der Waals surface area contributed by atoms with Gasteiger partial charge in [-0.05, 0) is 43.0 Å². The molecular formula is C18H16ClF3N2O. The van der Waals surface area contributed by atoms with E-state index < -0.39 is 28.3 Å². The number of hydrogen-bond donors (Lipinski definition) is 2. The van der Waals surface area contributed by atoms with Gasteiger partial charge in [-0.15, -0.1) is 0 Å². The molecule has 132 valence electrons. The third-order valence-electron chi connectivity index (χ3n) is 4.42. The number of hydrogen-bond acceptors (Lipinski definition) is 1. The highest BCUT2D eigenvalue weighted by molar-refractivity contribution is 6.31. The largest absolute Gasteiger partial charge is 0.417 e. The number of halogens is 4. The van der Waals surface area contributed by atoms with Crippen molar-refractivity contribution in [2.75, 3.05) is 5.32 Å². The van der Waals surface area contributed by atoms with E-state index in [1.54, 1.807) is 0 Å². The summed E-state index contributed by atoms with van der Waals surface area (Å²) in [5.74, 6) is 0. The zero-order valence-corrected chi connectivity index (χ0v) is 13.9. The molecule has 0 unspecified atom stereocenters. The Morgan fingerprint density at radius 3 is 2.32 bits per heavy atom. The first-order valence-corrected chi connectivity index (χ1v) is 8.19. The Morgan fingerprint density at radius 2 is 1.76 bits per heavy atom. The minimum atomic E-state index is -4.58. The summed E-state index contributed by atoms with van der Waals surface area (Å²) in [7, 11) is 0. The van der Waals surface area contributed by atoms with Gasteiger partial charge >= 0.3 is 12.2 Å². The SMILES string of the molecule is O=C(Nc1ccc(Cl)c(C(F)(F)F)c1)NC1(c2ccccc2)CCC1. The molecule has 3 rings (SSSR count). The van der Waals surface area contributed by atoms with Gasteiger partial charge in [-0.25, -0.2) is 4.79 Å². The van der Waals surface area contributed by atoms with Gasteiger partial charge in [0.25, 0.3) is 0 Å². The van der Waals surface area contributed by atoms with E-state index in [0.29, 0.717) is 0 Å². The maximum atomic E-state index is 12.9. The minimum Gasteiger partial charge on any atom is -0.328 e. The lowest BCUT2D eigenvalue weighted by Crippen LogP contribution is -2.52. The highest BCUT2D eigenvalue weighted by Crippen LogP contribution is 2.41. The third-order valence-corrected chi connectivity index (χ3v) is 4.75. The smallest absolute Gasteiger partial charge is 0.328 e. The first-order chi connectivity index (χ1) is 11.8. The Hall–Kier alpha value is -2.21. The van der Waals surface area contributed by atoms with Crippen molar-refractivity contribution in [3.8, 4) is 0 Å². The summed E-state index contributed by atoms with van der Waals surface area (Å²) in [5.41, 5.74) is -0.418. The quantitative estimate of drug-likeness (QED) is 0.731. The van der Waals surface area contributed by atoms with E-state index in [1.807, 2.05) is 30.3 Å². The molecule has 0 heterocycles. The van der Waals surface area contributed by atoms with Crippen LogP contribution in [0.2, 0.25) is 5.02 Å². The zero-order valence-electron chi connectivity index (χ0n) is 13.2. The molecule has 7 heteroatoms. The van der Waals surface area contributed by atoms with E-state index in [9.17, 15) is 18.0 Å². The van der Waals surface area contributed by atoms with Crippen molar-refractivity contribution in [2.45, 2.75) is 31.0 Å². The third kappa shape index (κ3) is 3.74. The topological polar surface area (TPSA) is 41.1 Å². The second-order valence-electron chi connectivity index (χ2n) is 6.07. The van der Waals surface area contributed by atoms with Crippen LogP contribution in [0.15, 0.2) is 48.5 Å². The molecule has 0 atom stereocenters. The van der Waals surface area contributed by atoms with Crippen LogP contribution < -0.4 is 10.6 Å². The molecule has 0 aromatic heterocycles. The molecule has 1 saturated carbocycles. The number of benzene rings is 2. The van der Waals surface area contributed by atoms with Gasteiger partial charge in [0.1, 0.15) is 0 Å². The fourth-order valence-electron chi connectivity index (χ4n) is 2.97. The van der Waals surface area contributed by atoms with Crippen LogP contribution in [0.5, 0.6) is 0 Å². The van der Waals surface area contributed by atoms with Crippen molar-refractivity contribution in [1.29, 1.82) is 0 Å². The van der Waals surface area contributed by atoms with Crippen LogP contribution in [0.1, 0.15) is 30.4 Å². The van der Waals surface area contributed by atoms with Crippen LogP contribution in [0.4, 0.5) is 23.7 Å². The van der Waals surface area contributed by atoms with Crippen LogP contribution in [0.25, 0.3) is 0 Å². The fourth-order valence-corrected chi connectivity index (χ4v) is 3.20. The molecule has 3 nitrogen and oxygen atoms in total. The molecule has 2 N–H and O–H groups in total. The van der Waals surface area contributed by atoms with Gasteiger partial charge in [0, 0.05) is 5.69 Å². The highest BCUT2D eigenvalue weighted by Gasteiger charge is 2.40.